The van der Waals surface area contributed by atoms with E-state index in [4.69, 9.17) is 0 Å². The number of halogens is 1. The van der Waals surface area contributed by atoms with E-state index >= 15 is 0 Å². The van der Waals surface area contributed by atoms with Gasteiger partial charge in [-0.25, -0.2) is 17.5 Å². The summed E-state index contributed by atoms with van der Waals surface area (Å²) in [6.07, 6.45) is 1.50. The largest absolute Gasteiger partial charge is 0.348 e. The zero-order valence-corrected chi connectivity index (χ0v) is 14.6. The Hall–Kier alpha value is -2.25. The number of sulfonamides is 1. The molecule has 0 aromatic heterocycles. The normalized spacial score (nSPS) is 14.3. The Morgan fingerprint density at radius 3 is 2.64 bits per heavy atom. The second kappa shape index (κ2) is 6.93. The summed E-state index contributed by atoms with van der Waals surface area (Å²) < 4.78 is 40.8. The van der Waals surface area contributed by atoms with Gasteiger partial charge in [0.2, 0.25) is 10.0 Å². The van der Waals surface area contributed by atoms with Gasteiger partial charge in [0.25, 0.3) is 5.91 Å². The number of benzene rings is 2. The molecule has 2 aromatic carbocycles. The average Bonchev–Trinajstić information content (AvgIpc) is 3.36. The number of carbonyl (C=O) groups is 1. The van der Waals surface area contributed by atoms with Gasteiger partial charge in [0.05, 0.1) is 0 Å². The Morgan fingerprint density at radius 2 is 1.96 bits per heavy atom. The minimum atomic E-state index is -3.96. The molecule has 0 radical (unpaired) electrons. The smallest absolute Gasteiger partial charge is 0.251 e. The Balaban J connectivity index is 1.75. The molecule has 1 saturated carbocycles. The summed E-state index contributed by atoms with van der Waals surface area (Å²) in [6.45, 7) is 2.26. The fraction of sp³-hybridized carbons (Fsp3) is 0.278. The molecule has 0 heterocycles. The molecule has 2 aromatic rings. The van der Waals surface area contributed by atoms with E-state index in [0.717, 1.165) is 36.1 Å². The Labute approximate surface area is 146 Å². The van der Waals surface area contributed by atoms with Crippen molar-refractivity contribution in [1.82, 2.24) is 10.0 Å². The number of hydrogen-bond donors (Lipinski definition) is 2. The lowest BCUT2D eigenvalue weighted by Gasteiger charge is -2.10. The number of hydrogen-bond acceptors (Lipinski definition) is 3. The van der Waals surface area contributed by atoms with Crippen LogP contribution in [0.4, 0.5) is 4.39 Å². The molecule has 25 heavy (non-hydrogen) atoms. The lowest BCUT2D eigenvalue weighted by atomic mass is 10.1. The van der Waals surface area contributed by atoms with Gasteiger partial charge in [-0.15, -0.1) is 0 Å². The summed E-state index contributed by atoms with van der Waals surface area (Å²) in [5, 5.41) is 2.72. The molecule has 1 fully saturated rings. The van der Waals surface area contributed by atoms with Crippen molar-refractivity contribution >= 4 is 15.9 Å². The summed E-state index contributed by atoms with van der Waals surface area (Å²) in [6, 6.07) is 10.9. The molecule has 5 nitrogen and oxygen atoms in total. The molecule has 0 atom stereocenters. The van der Waals surface area contributed by atoms with Crippen molar-refractivity contribution in [2.75, 3.05) is 0 Å². The van der Waals surface area contributed by atoms with Crippen LogP contribution in [0.25, 0.3) is 0 Å². The Morgan fingerprint density at radius 1 is 1.20 bits per heavy atom. The van der Waals surface area contributed by atoms with Gasteiger partial charge in [0.1, 0.15) is 10.7 Å². The van der Waals surface area contributed by atoms with E-state index in [1.807, 2.05) is 31.2 Å². The average molecular weight is 362 g/mol. The second-order valence-electron chi connectivity index (χ2n) is 6.21. The van der Waals surface area contributed by atoms with Crippen LogP contribution in [0.5, 0.6) is 0 Å². The quantitative estimate of drug-likeness (QED) is 0.829. The van der Waals surface area contributed by atoms with Crippen molar-refractivity contribution < 1.29 is 17.6 Å². The van der Waals surface area contributed by atoms with Crippen molar-refractivity contribution in [1.29, 1.82) is 0 Å². The molecule has 0 saturated heterocycles. The molecule has 0 aliphatic heterocycles. The van der Waals surface area contributed by atoms with E-state index in [1.54, 1.807) is 0 Å². The summed E-state index contributed by atoms with van der Waals surface area (Å²) in [4.78, 5) is 11.8. The molecule has 0 unspecified atom stereocenters. The van der Waals surface area contributed by atoms with Gasteiger partial charge in [-0.3, -0.25) is 4.79 Å². The van der Waals surface area contributed by atoms with Crippen LogP contribution in [-0.2, 0) is 16.6 Å². The van der Waals surface area contributed by atoms with Gasteiger partial charge in [0, 0.05) is 18.2 Å². The number of amides is 1. The van der Waals surface area contributed by atoms with Crippen molar-refractivity contribution in [3.63, 3.8) is 0 Å². The fourth-order valence-corrected chi connectivity index (χ4v) is 3.85. The predicted octanol–water partition coefficient (Wildman–Crippen LogP) is 2.50. The molecule has 1 aliphatic rings. The number of nitrogens with one attached hydrogen (secondary N) is 2. The first-order valence-corrected chi connectivity index (χ1v) is 9.49. The van der Waals surface area contributed by atoms with Crippen molar-refractivity contribution in [3.8, 4) is 0 Å². The van der Waals surface area contributed by atoms with Gasteiger partial charge in [-0.05, 0) is 43.5 Å². The summed E-state index contributed by atoms with van der Waals surface area (Å²) in [5.74, 6) is -1.33. The molecule has 3 rings (SSSR count). The van der Waals surface area contributed by atoms with E-state index in [2.05, 4.69) is 10.0 Å². The molecular formula is C18H19FN2O3S. The van der Waals surface area contributed by atoms with Gasteiger partial charge in [-0.1, -0.05) is 29.8 Å². The molecule has 0 spiro atoms. The zero-order chi connectivity index (χ0) is 18.0. The first kappa shape index (κ1) is 17.6. The third kappa shape index (κ3) is 4.43. The van der Waals surface area contributed by atoms with E-state index < -0.39 is 26.6 Å². The highest BCUT2D eigenvalue weighted by molar-refractivity contribution is 7.89. The maximum atomic E-state index is 13.9. The van der Waals surface area contributed by atoms with Crippen LogP contribution in [0.15, 0.2) is 47.4 Å². The van der Waals surface area contributed by atoms with E-state index in [9.17, 15) is 17.6 Å². The fourth-order valence-electron chi connectivity index (χ4n) is 2.44. The number of carbonyl (C=O) groups excluding carboxylic acids is 1. The number of rotatable bonds is 6. The Kier molecular flexibility index (Phi) is 4.87. The molecular weight excluding hydrogens is 343 g/mol. The molecule has 1 amide bonds. The van der Waals surface area contributed by atoms with Gasteiger partial charge in [-0.2, -0.15) is 0 Å². The predicted molar refractivity (Wildman–Crippen MR) is 92.1 cm³/mol. The molecule has 132 valence electrons. The zero-order valence-electron chi connectivity index (χ0n) is 13.8. The van der Waals surface area contributed by atoms with Gasteiger partial charge >= 0.3 is 0 Å². The Bertz CT molecular complexity index is 908. The second-order valence-corrected chi connectivity index (χ2v) is 7.89. The van der Waals surface area contributed by atoms with Crippen LogP contribution in [0, 0.1) is 12.7 Å². The monoisotopic (exact) mass is 362 g/mol. The van der Waals surface area contributed by atoms with Crippen molar-refractivity contribution in [2.24, 2.45) is 0 Å². The highest BCUT2D eigenvalue weighted by Crippen LogP contribution is 2.24. The minimum absolute atomic E-state index is 0.102. The number of aryl methyl sites for hydroxylation is 1. The third-order valence-corrected chi connectivity index (χ3v) is 5.45. The SMILES string of the molecule is Cc1cccc(CNC(=O)c2ccc(F)c(S(=O)(=O)NC3CC3)c2)c1. The van der Waals surface area contributed by atoms with Crippen LogP contribution in [-0.4, -0.2) is 20.4 Å². The highest BCUT2D eigenvalue weighted by atomic mass is 32.2. The van der Waals surface area contributed by atoms with Gasteiger partial charge in [0.15, 0.2) is 0 Å². The summed E-state index contributed by atoms with van der Waals surface area (Å²) in [5.41, 5.74) is 2.11. The first-order chi connectivity index (χ1) is 11.8. The van der Waals surface area contributed by atoms with Crippen LogP contribution < -0.4 is 10.0 Å². The molecule has 0 bridgehead atoms. The first-order valence-electron chi connectivity index (χ1n) is 8.01. The van der Waals surface area contributed by atoms with Gasteiger partial charge < -0.3 is 5.32 Å². The lowest BCUT2D eigenvalue weighted by molar-refractivity contribution is 0.0950. The van der Waals surface area contributed by atoms with E-state index in [0.29, 0.717) is 6.54 Å². The van der Waals surface area contributed by atoms with Crippen molar-refractivity contribution in [2.45, 2.75) is 37.2 Å². The van der Waals surface area contributed by atoms with Crippen LogP contribution in [0.3, 0.4) is 0 Å². The summed E-state index contributed by atoms with van der Waals surface area (Å²) >= 11 is 0. The van der Waals surface area contributed by atoms with Crippen LogP contribution >= 0.6 is 0 Å². The minimum Gasteiger partial charge on any atom is -0.348 e. The lowest BCUT2D eigenvalue weighted by Crippen LogP contribution is -2.28. The highest BCUT2D eigenvalue weighted by Gasteiger charge is 2.30. The van der Waals surface area contributed by atoms with Crippen molar-refractivity contribution in [3.05, 3.63) is 65.0 Å². The maximum absolute atomic E-state index is 13.9. The van der Waals surface area contributed by atoms with Crippen LogP contribution in [0.2, 0.25) is 0 Å². The van der Waals surface area contributed by atoms with Crippen LogP contribution in [0.1, 0.15) is 34.3 Å². The topological polar surface area (TPSA) is 75.3 Å². The maximum Gasteiger partial charge on any atom is 0.251 e. The summed E-state index contributed by atoms with van der Waals surface area (Å²) in [7, 11) is -3.96. The molecule has 1 aliphatic carbocycles. The molecule has 7 heteroatoms. The van der Waals surface area contributed by atoms with E-state index in [1.165, 1.54) is 6.07 Å². The molecule has 2 N–H and O–H groups in total. The third-order valence-electron chi connectivity index (χ3n) is 3.92. The van der Waals surface area contributed by atoms with E-state index in [-0.39, 0.29) is 11.6 Å². The standard InChI is InChI=1S/C18H19FN2O3S/c1-12-3-2-4-13(9-12)11-20-18(22)14-5-8-16(19)17(10-14)25(23,24)21-15-6-7-15/h2-5,8-10,15,21H,6-7,11H2,1H3,(H,20,22).